The number of hydrogen-bond donors (Lipinski definition) is 1. The minimum Gasteiger partial charge on any atom is -0.333 e. The van der Waals surface area contributed by atoms with Crippen molar-refractivity contribution in [3.63, 3.8) is 0 Å². The number of anilines is 1. The van der Waals surface area contributed by atoms with Gasteiger partial charge in [0.1, 0.15) is 5.82 Å². The van der Waals surface area contributed by atoms with Crippen molar-refractivity contribution >= 4 is 22.6 Å². The van der Waals surface area contributed by atoms with Crippen molar-refractivity contribution in [2.24, 2.45) is 10.4 Å². The third-order valence-corrected chi connectivity index (χ3v) is 4.03. The lowest BCUT2D eigenvalue weighted by atomic mass is 9.90. The van der Waals surface area contributed by atoms with Gasteiger partial charge in [-0.05, 0) is 36.5 Å². The molecule has 4 heteroatoms. The average Bonchev–Trinajstić information content (AvgIpc) is 2.67. The Morgan fingerprint density at radius 3 is 2.79 bits per heavy atom. The maximum absolute atomic E-state index is 13.7. The summed E-state index contributed by atoms with van der Waals surface area (Å²) >= 11 is 1.72. The first-order chi connectivity index (χ1) is 8.83. The van der Waals surface area contributed by atoms with Crippen LogP contribution in [0.4, 0.5) is 10.1 Å². The lowest BCUT2D eigenvalue weighted by Gasteiger charge is -2.21. The molecule has 0 aromatic heterocycles. The molecule has 1 aromatic rings. The Balaban J connectivity index is 1.95. The number of benzene rings is 1. The summed E-state index contributed by atoms with van der Waals surface area (Å²) in [5, 5.41) is 4.42. The van der Waals surface area contributed by atoms with Crippen LogP contribution in [0, 0.1) is 18.2 Å². The molecule has 0 saturated carbocycles. The van der Waals surface area contributed by atoms with Gasteiger partial charge in [0.25, 0.3) is 0 Å². The van der Waals surface area contributed by atoms with Gasteiger partial charge in [0.2, 0.25) is 0 Å². The Hall–Kier alpha value is -1.03. The Labute approximate surface area is 118 Å². The van der Waals surface area contributed by atoms with Gasteiger partial charge in [0.15, 0.2) is 5.17 Å². The van der Waals surface area contributed by atoms with Crippen LogP contribution < -0.4 is 5.32 Å². The molecule has 0 radical (unpaired) electrons. The van der Waals surface area contributed by atoms with Gasteiger partial charge in [-0.25, -0.2) is 4.39 Å². The summed E-state index contributed by atoms with van der Waals surface area (Å²) in [4.78, 5) is 4.46. The first-order valence-electron chi connectivity index (χ1n) is 6.58. The van der Waals surface area contributed by atoms with Crippen molar-refractivity contribution in [2.45, 2.75) is 39.4 Å². The molecule has 0 spiro atoms. The zero-order valence-corrected chi connectivity index (χ0v) is 12.8. The highest BCUT2D eigenvalue weighted by Gasteiger charge is 2.25. The first-order valence-corrected chi connectivity index (χ1v) is 7.46. The van der Waals surface area contributed by atoms with E-state index in [0.29, 0.717) is 16.4 Å². The average molecular weight is 280 g/mol. The second-order valence-corrected chi connectivity index (χ2v) is 7.55. The summed E-state index contributed by atoms with van der Waals surface area (Å²) in [6.45, 7) is 9.40. The number of halogens is 1. The Kier molecular flexibility index (Phi) is 4.19. The molecule has 104 valence electrons. The topological polar surface area (TPSA) is 24.4 Å². The van der Waals surface area contributed by atoms with Gasteiger partial charge in [0, 0.05) is 5.25 Å². The van der Waals surface area contributed by atoms with Gasteiger partial charge in [-0.3, -0.25) is 4.99 Å². The number of aryl methyl sites for hydroxylation is 1. The van der Waals surface area contributed by atoms with Crippen LogP contribution in [0.3, 0.4) is 0 Å². The van der Waals surface area contributed by atoms with Crippen LogP contribution in [0.25, 0.3) is 0 Å². The Morgan fingerprint density at radius 1 is 1.42 bits per heavy atom. The van der Waals surface area contributed by atoms with Gasteiger partial charge in [-0.1, -0.05) is 38.6 Å². The summed E-state index contributed by atoms with van der Waals surface area (Å²) in [7, 11) is 0. The molecule has 1 aliphatic heterocycles. The minimum atomic E-state index is -0.220. The van der Waals surface area contributed by atoms with Crippen molar-refractivity contribution in [1.82, 2.24) is 0 Å². The maximum atomic E-state index is 13.7. The fourth-order valence-corrected chi connectivity index (χ4v) is 3.48. The molecule has 1 aliphatic rings. The molecule has 0 saturated heterocycles. The third kappa shape index (κ3) is 4.23. The predicted octanol–water partition coefficient (Wildman–Crippen LogP) is 4.45. The number of nitrogens with one attached hydrogen (secondary N) is 1. The normalized spacial score (nSPS) is 19.4. The fraction of sp³-hybridized carbons (Fsp3) is 0.533. The lowest BCUT2D eigenvalue weighted by molar-refractivity contribution is 0.375. The molecule has 1 heterocycles. The minimum absolute atomic E-state index is 0.220. The van der Waals surface area contributed by atoms with Crippen LogP contribution in [0.2, 0.25) is 0 Å². The van der Waals surface area contributed by atoms with Crippen LogP contribution in [0.1, 0.15) is 32.8 Å². The van der Waals surface area contributed by atoms with Gasteiger partial charge in [-0.2, -0.15) is 0 Å². The molecule has 0 aliphatic carbocycles. The zero-order chi connectivity index (χ0) is 14.0. The molecule has 0 amide bonds. The molecule has 0 fully saturated rings. The molecule has 1 atom stereocenters. The molecule has 1 unspecified atom stereocenters. The van der Waals surface area contributed by atoms with E-state index in [9.17, 15) is 4.39 Å². The molecular weight excluding hydrogens is 259 g/mol. The van der Waals surface area contributed by atoms with E-state index in [1.165, 1.54) is 6.07 Å². The third-order valence-electron chi connectivity index (χ3n) is 2.92. The van der Waals surface area contributed by atoms with Crippen LogP contribution in [-0.2, 0) is 0 Å². The van der Waals surface area contributed by atoms with E-state index in [4.69, 9.17) is 0 Å². The fourth-order valence-electron chi connectivity index (χ4n) is 2.11. The van der Waals surface area contributed by atoms with Crippen molar-refractivity contribution in [3.05, 3.63) is 29.6 Å². The number of nitrogens with zero attached hydrogens (tertiary/aromatic N) is 1. The monoisotopic (exact) mass is 280 g/mol. The molecule has 19 heavy (non-hydrogen) atoms. The first kappa shape index (κ1) is 14.4. The van der Waals surface area contributed by atoms with Crippen molar-refractivity contribution in [2.75, 3.05) is 11.9 Å². The molecule has 2 nitrogen and oxygen atoms in total. The van der Waals surface area contributed by atoms with Gasteiger partial charge in [0.05, 0.1) is 12.2 Å². The van der Waals surface area contributed by atoms with Crippen molar-refractivity contribution in [1.29, 1.82) is 0 Å². The number of thioether (sulfide) groups is 1. The van der Waals surface area contributed by atoms with E-state index in [1.54, 1.807) is 17.8 Å². The number of aliphatic imine (C=N–C) groups is 1. The molecule has 0 bridgehead atoms. The van der Waals surface area contributed by atoms with Crippen LogP contribution >= 0.6 is 11.8 Å². The van der Waals surface area contributed by atoms with E-state index in [0.717, 1.165) is 23.7 Å². The molecule has 2 rings (SSSR count). The quantitative estimate of drug-likeness (QED) is 0.865. The highest BCUT2D eigenvalue weighted by atomic mass is 32.2. The van der Waals surface area contributed by atoms with E-state index in [2.05, 4.69) is 31.1 Å². The van der Waals surface area contributed by atoms with E-state index in [-0.39, 0.29) is 5.82 Å². The van der Waals surface area contributed by atoms with Gasteiger partial charge in [-0.15, -0.1) is 0 Å². The van der Waals surface area contributed by atoms with E-state index < -0.39 is 0 Å². The highest BCUT2D eigenvalue weighted by Crippen LogP contribution is 2.32. The number of hydrogen-bond acceptors (Lipinski definition) is 3. The maximum Gasteiger partial charge on any atom is 0.161 e. The van der Waals surface area contributed by atoms with Crippen molar-refractivity contribution in [3.8, 4) is 0 Å². The number of amidine groups is 1. The summed E-state index contributed by atoms with van der Waals surface area (Å²) in [6.07, 6.45) is 1.11. The summed E-state index contributed by atoms with van der Waals surface area (Å²) in [5.74, 6) is -0.220. The van der Waals surface area contributed by atoms with E-state index >= 15 is 0 Å². The number of rotatable bonds is 2. The Bertz CT molecular complexity index is 491. The van der Waals surface area contributed by atoms with E-state index in [1.807, 2.05) is 13.0 Å². The van der Waals surface area contributed by atoms with Crippen molar-refractivity contribution < 1.29 is 4.39 Å². The zero-order valence-electron chi connectivity index (χ0n) is 12.0. The van der Waals surface area contributed by atoms with Crippen LogP contribution in [0.5, 0.6) is 0 Å². The second-order valence-electron chi connectivity index (χ2n) is 6.26. The largest absolute Gasteiger partial charge is 0.333 e. The highest BCUT2D eigenvalue weighted by molar-refractivity contribution is 8.15. The molecular formula is C15H21FN2S. The van der Waals surface area contributed by atoms with Crippen LogP contribution in [0.15, 0.2) is 23.2 Å². The summed E-state index contributed by atoms with van der Waals surface area (Å²) < 4.78 is 13.7. The molecule has 1 N–H and O–H groups in total. The Morgan fingerprint density at radius 2 is 2.16 bits per heavy atom. The van der Waals surface area contributed by atoms with Crippen LogP contribution in [-0.4, -0.2) is 17.0 Å². The summed E-state index contributed by atoms with van der Waals surface area (Å²) in [5.41, 5.74) is 1.74. The lowest BCUT2D eigenvalue weighted by Crippen LogP contribution is -2.16. The predicted molar refractivity (Wildman–Crippen MR) is 82.5 cm³/mol. The standard InChI is InChI=1S/C15H21FN2S/c1-10-5-6-13(12(16)7-10)18-14-17-9-11(19-14)8-15(2,3)4/h5-7,11H,8-9H2,1-4H3,(H,17,18). The second kappa shape index (κ2) is 5.53. The summed E-state index contributed by atoms with van der Waals surface area (Å²) in [6, 6.07) is 5.21. The van der Waals surface area contributed by atoms with Gasteiger partial charge < -0.3 is 5.32 Å². The van der Waals surface area contributed by atoms with Gasteiger partial charge >= 0.3 is 0 Å². The SMILES string of the molecule is Cc1ccc(NC2=NCC(CC(C)(C)C)S2)c(F)c1. The molecule has 1 aromatic carbocycles. The smallest absolute Gasteiger partial charge is 0.161 e.